The second-order valence-corrected chi connectivity index (χ2v) is 6.26. The number of rotatable bonds is 7. The van der Waals surface area contributed by atoms with Crippen LogP contribution in [0.25, 0.3) is 5.52 Å². The van der Waals surface area contributed by atoms with E-state index in [9.17, 15) is 9.59 Å². The fourth-order valence-corrected chi connectivity index (χ4v) is 2.64. The van der Waals surface area contributed by atoms with Gasteiger partial charge in [-0.1, -0.05) is 0 Å². The van der Waals surface area contributed by atoms with Gasteiger partial charge in [-0.05, 0) is 19.8 Å². The van der Waals surface area contributed by atoms with E-state index in [1.807, 2.05) is 6.92 Å². The number of hydrogen-bond acceptors (Lipinski definition) is 5. The Kier molecular flexibility index (Phi) is 4.48. The van der Waals surface area contributed by atoms with Crippen molar-refractivity contribution in [1.29, 1.82) is 0 Å². The van der Waals surface area contributed by atoms with Crippen molar-refractivity contribution in [3.05, 3.63) is 30.4 Å². The van der Waals surface area contributed by atoms with E-state index in [1.54, 1.807) is 30.2 Å². The van der Waals surface area contributed by atoms with Crippen LogP contribution in [-0.4, -0.2) is 52.7 Å². The van der Waals surface area contributed by atoms with Crippen molar-refractivity contribution in [3.63, 3.8) is 0 Å². The van der Waals surface area contributed by atoms with E-state index >= 15 is 0 Å². The summed E-state index contributed by atoms with van der Waals surface area (Å²) < 4.78 is 6.71. The van der Waals surface area contributed by atoms with Gasteiger partial charge in [0.15, 0.2) is 0 Å². The number of ether oxygens (including phenoxy) is 1. The molecule has 1 aliphatic carbocycles. The van der Waals surface area contributed by atoms with Crippen molar-refractivity contribution < 1.29 is 14.3 Å². The fraction of sp³-hybridized carbons (Fsp3) is 0.500. The zero-order valence-corrected chi connectivity index (χ0v) is 13.8. The van der Waals surface area contributed by atoms with E-state index < -0.39 is 0 Å². The van der Waals surface area contributed by atoms with Crippen molar-refractivity contribution in [2.75, 3.05) is 20.3 Å². The Morgan fingerprint density at radius 1 is 1.42 bits per heavy atom. The number of methoxy groups -OCH3 is 1. The van der Waals surface area contributed by atoms with Crippen molar-refractivity contribution in [1.82, 2.24) is 25.2 Å². The first-order chi connectivity index (χ1) is 11.6. The minimum atomic E-state index is -0.374. The molecule has 0 bridgehead atoms. The van der Waals surface area contributed by atoms with Gasteiger partial charge in [0, 0.05) is 32.1 Å². The first-order valence-corrected chi connectivity index (χ1v) is 7.91. The summed E-state index contributed by atoms with van der Waals surface area (Å²) in [5.41, 5.74) is 0.726. The van der Waals surface area contributed by atoms with Crippen molar-refractivity contribution in [2.45, 2.75) is 25.8 Å². The molecule has 0 aliphatic heterocycles. The third-order valence-electron chi connectivity index (χ3n) is 4.27. The average molecular weight is 331 g/mol. The Morgan fingerprint density at radius 2 is 2.21 bits per heavy atom. The summed E-state index contributed by atoms with van der Waals surface area (Å²) in [4.78, 5) is 28.6. The minimum absolute atomic E-state index is 0.00807. The molecule has 3 rings (SSSR count). The van der Waals surface area contributed by atoms with Crippen LogP contribution in [0.4, 0.5) is 0 Å². The number of nitrogens with zero attached hydrogens (tertiary/aromatic N) is 3. The zero-order valence-electron chi connectivity index (χ0n) is 13.8. The molecule has 1 aliphatic rings. The predicted molar refractivity (Wildman–Crippen MR) is 86.5 cm³/mol. The molecular formula is C16H21N5O3. The van der Waals surface area contributed by atoms with Crippen LogP contribution in [-0.2, 0) is 9.53 Å². The number of carbonyl (C=O) groups is 2. The van der Waals surface area contributed by atoms with Crippen LogP contribution in [0.2, 0.25) is 0 Å². The normalized spacial score (nSPS) is 16.6. The number of fused-ring (bicyclic) bond motifs is 1. The number of amides is 2. The molecular weight excluding hydrogens is 310 g/mol. The lowest BCUT2D eigenvalue weighted by molar-refractivity contribution is -0.128. The van der Waals surface area contributed by atoms with Gasteiger partial charge in [0.1, 0.15) is 0 Å². The molecule has 1 saturated carbocycles. The zero-order chi connectivity index (χ0) is 17.2. The highest BCUT2D eigenvalue weighted by atomic mass is 16.5. The van der Waals surface area contributed by atoms with Gasteiger partial charge < -0.3 is 15.4 Å². The Hall–Kier alpha value is -2.48. The van der Waals surface area contributed by atoms with Crippen LogP contribution in [0.15, 0.2) is 24.8 Å². The number of carbonyl (C=O) groups excluding carboxylic acids is 2. The maximum atomic E-state index is 12.3. The van der Waals surface area contributed by atoms with Crippen LogP contribution in [0.1, 0.15) is 30.1 Å². The summed E-state index contributed by atoms with van der Waals surface area (Å²) >= 11 is 0. The smallest absolute Gasteiger partial charge is 0.255 e. The number of hydrogen-bond donors (Lipinski definition) is 2. The maximum absolute atomic E-state index is 12.3. The monoisotopic (exact) mass is 331 g/mol. The van der Waals surface area contributed by atoms with Gasteiger partial charge in [-0.15, -0.1) is 0 Å². The molecule has 8 nitrogen and oxygen atoms in total. The molecule has 2 N–H and O–H groups in total. The molecule has 1 fully saturated rings. The minimum Gasteiger partial charge on any atom is -0.384 e. The summed E-state index contributed by atoms with van der Waals surface area (Å²) in [7, 11) is 1.60. The standard InChI is InChI=1S/C16H21N5O3/c1-11(20-15(23)16(3-4-16)10-24-2)7-18-14(22)12-8-19-21-6-5-17-9-13(12)21/h5-6,8-9,11H,3-4,7,10H2,1-2H3,(H,18,22)(H,20,23)/t11-/m0/s1. The Balaban J connectivity index is 1.53. The fourth-order valence-electron chi connectivity index (χ4n) is 2.64. The highest BCUT2D eigenvalue weighted by molar-refractivity contribution is 6.00. The molecule has 8 heteroatoms. The van der Waals surface area contributed by atoms with E-state index in [1.165, 1.54) is 6.20 Å². The average Bonchev–Trinajstić information content (AvgIpc) is 3.23. The van der Waals surface area contributed by atoms with E-state index in [4.69, 9.17) is 4.74 Å². The third kappa shape index (κ3) is 3.23. The predicted octanol–water partition coefficient (Wildman–Crippen LogP) is 0.390. The summed E-state index contributed by atoms with van der Waals surface area (Å²) in [6, 6.07) is -0.171. The van der Waals surface area contributed by atoms with Gasteiger partial charge in [-0.2, -0.15) is 5.10 Å². The first kappa shape index (κ1) is 16.4. The molecule has 2 amide bonds. The van der Waals surface area contributed by atoms with Crippen LogP contribution in [0.3, 0.4) is 0 Å². The highest BCUT2D eigenvalue weighted by Crippen LogP contribution is 2.45. The van der Waals surface area contributed by atoms with Crippen LogP contribution in [0, 0.1) is 5.41 Å². The van der Waals surface area contributed by atoms with Crippen molar-refractivity contribution in [2.24, 2.45) is 5.41 Å². The summed E-state index contributed by atoms with van der Waals surface area (Å²) in [5.74, 6) is -0.247. The van der Waals surface area contributed by atoms with E-state index in [0.717, 1.165) is 12.8 Å². The summed E-state index contributed by atoms with van der Waals surface area (Å²) in [6.45, 7) is 2.64. The summed E-state index contributed by atoms with van der Waals surface area (Å²) in [5, 5.41) is 9.87. The lowest BCUT2D eigenvalue weighted by atomic mass is 10.1. The molecule has 0 unspecified atom stereocenters. The molecule has 0 saturated heterocycles. The number of aromatic nitrogens is 3. The molecule has 128 valence electrons. The van der Waals surface area contributed by atoms with Crippen LogP contribution < -0.4 is 10.6 Å². The van der Waals surface area contributed by atoms with Crippen LogP contribution >= 0.6 is 0 Å². The topological polar surface area (TPSA) is 97.6 Å². The molecule has 1 atom stereocenters. The number of nitrogens with one attached hydrogen (secondary N) is 2. The van der Waals surface area contributed by atoms with E-state index in [2.05, 4.69) is 20.7 Å². The first-order valence-electron chi connectivity index (χ1n) is 7.91. The summed E-state index contributed by atoms with van der Waals surface area (Å²) in [6.07, 6.45) is 8.08. The SMILES string of the molecule is COCC1(C(=O)N[C@@H](C)CNC(=O)c2cnn3ccncc23)CC1. The molecule has 0 spiro atoms. The Labute approximate surface area is 139 Å². The maximum Gasteiger partial charge on any atom is 0.255 e. The Morgan fingerprint density at radius 3 is 2.92 bits per heavy atom. The molecule has 0 radical (unpaired) electrons. The molecule has 0 aromatic carbocycles. The van der Waals surface area contributed by atoms with Crippen LogP contribution in [0.5, 0.6) is 0 Å². The van der Waals surface area contributed by atoms with E-state index in [-0.39, 0.29) is 23.3 Å². The molecule has 24 heavy (non-hydrogen) atoms. The van der Waals surface area contributed by atoms with E-state index in [0.29, 0.717) is 24.2 Å². The van der Waals surface area contributed by atoms with Gasteiger partial charge >= 0.3 is 0 Å². The lowest BCUT2D eigenvalue weighted by Crippen LogP contribution is -2.45. The van der Waals surface area contributed by atoms with Gasteiger partial charge in [0.25, 0.3) is 5.91 Å². The largest absolute Gasteiger partial charge is 0.384 e. The lowest BCUT2D eigenvalue weighted by Gasteiger charge is -2.19. The van der Waals surface area contributed by atoms with Gasteiger partial charge in [-0.25, -0.2) is 4.52 Å². The van der Waals surface area contributed by atoms with Gasteiger partial charge in [-0.3, -0.25) is 14.6 Å². The molecule has 2 aromatic rings. The van der Waals surface area contributed by atoms with Gasteiger partial charge in [0.05, 0.1) is 35.5 Å². The second kappa shape index (κ2) is 6.56. The van der Waals surface area contributed by atoms with Crippen molar-refractivity contribution in [3.8, 4) is 0 Å². The van der Waals surface area contributed by atoms with Gasteiger partial charge in [0.2, 0.25) is 5.91 Å². The second-order valence-electron chi connectivity index (χ2n) is 6.26. The third-order valence-corrected chi connectivity index (χ3v) is 4.27. The quantitative estimate of drug-likeness (QED) is 0.765. The molecule has 2 aromatic heterocycles. The molecule has 2 heterocycles. The highest BCUT2D eigenvalue weighted by Gasteiger charge is 2.50. The Bertz CT molecular complexity index is 753. The van der Waals surface area contributed by atoms with Crippen molar-refractivity contribution >= 4 is 17.3 Å².